The molecule has 0 saturated heterocycles. The van der Waals surface area contributed by atoms with Gasteiger partial charge in [0, 0.05) is 18.1 Å². The smallest absolute Gasteiger partial charge is 0.331 e. The molecular formula is C24H22O8. The van der Waals surface area contributed by atoms with Crippen LogP contribution in [0.25, 0.3) is 10.8 Å². The third-order valence-electron chi connectivity index (χ3n) is 5.71. The molecule has 1 aliphatic carbocycles. The van der Waals surface area contributed by atoms with Crippen LogP contribution in [0.5, 0.6) is 11.5 Å². The lowest BCUT2D eigenvalue weighted by molar-refractivity contribution is -0.140. The van der Waals surface area contributed by atoms with Crippen LogP contribution >= 0.6 is 0 Å². The van der Waals surface area contributed by atoms with Crippen LogP contribution in [-0.2, 0) is 31.9 Å². The van der Waals surface area contributed by atoms with Gasteiger partial charge in [0.2, 0.25) is 5.43 Å². The lowest BCUT2D eigenvalue weighted by Crippen LogP contribution is -2.28. The molecule has 8 nitrogen and oxygen atoms in total. The largest absolute Gasteiger partial charge is 0.507 e. The van der Waals surface area contributed by atoms with Gasteiger partial charge in [0.25, 0.3) is 0 Å². The van der Waals surface area contributed by atoms with Crippen molar-refractivity contribution in [2.75, 3.05) is 6.61 Å². The van der Waals surface area contributed by atoms with Crippen LogP contribution in [0.1, 0.15) is 24.5 Å². The molecule has 0 radical (unpaired) electrons. The first kappa shape index (κ1) is 21.6. The van der Waals surface area contributed by atoms with Crippen LogP contribution in [0.3, 0.4) is 0 Å². The fraction of sp³-hybridized carbons (Fsp3) is 0.292. The third kappa shape index (κ3) is 4.22. The summed E-state index contributed by atoms with van der Waals surface area (Å²) in [5, 5.41) is 29.9. The molecule has 4 rings (SSSR count). The first-order valence-corrected chi connectivity index (χ1v) is 10.2. The number of hydrogen-bond donors (Lipinski definition) is 3. The first-order valence-electron chi connectivity index (χ1n) is 10.2. The number of esters is 1. The molecule has 1 aliphatic heterocycles. The predicted octanol–water partition coefficient (Wildman–Crippen LogP) is 2.37. The van der Waals surface area contributed by atoms with Gasteiger partial charge in [-0.05, 0) is 41.5 Å². The number of aromatic hydroxyl groups is 2. The van der Waals surface area contributed by atoms with E-state index in [1.165, 1.54) is 18.2 Å². The van der Waals surface area contributed by atoms with E-state index in [1.54, 1.807) is 12.1 Å². The molecule has 2 unspecified atom stereocenters. The lowest BCUT2D eigenvalue weighted by Gasteiger charge is -2.27. The minimum Gasteiger partial charge on any atom is -0.507 e. The maximum atomic E-state index is 12.6. The monoisotopic (exact) mass is 438 g/mol. The average Bonchev–Trinajstić information content (AvgIpc) is 3.02. The maximum Gasteiger partial charge on any atom is 0.331 e. The fourth-order valence-corrected chi connectivity index (χ4v) is 4.11. The van der Waals surface area contributed by atoms with Crippen molar-refractivity contribution in [3.63, 3.8) is 0 Å². The molecule has 3 N–H and O–H groups in total. The van der Waals surface area contributed by atoms with E-state index >= 15 is 0 Å². The number of carboxylic acids is 1. The lowest BCUT2D eigenvalue weighted by atomic mass is 9.92. The summed E-state index contributed by atoms with van der Waals surface area (Å²) in [6.45, 7) is 2.21. The molecule has 1 heterocycles. The number of hydrogen-bond acceptors (Lipinski definition) is 7. The minimum absolute atomic E-state index is 0.0955. The SMILES string of the molecule is CC1=CC2=CC(=O)OC2CC1OCCc1cc(O)c(=O)c2c(O)c(CC(=O)O)ccc2c1. The molecular weight excluding hydrogens is 416 g/mol. The summed E-state index contributed by atoms with van der Waals surface area (Å²) in [4.78, 5) is 35.0. The summed E-state index contributed by atoms with van der Waals surface area (Å²) in [5.74, 6) is -2.48. The molecule has 0 spiro atoms. The van der Waals surface area contributed by atoms with Gasteiger partial charge in [0.15, 0.2) is 5.75 Å². The number of phenols is 1. The Bertz CT molecular complexity index is 1240. The molecule has 8 heteroatoms. The number of carboxylic acid groups (broad SMARTS) is 1. The second-order valence-corrected chi connectivity index (χ2v) is 7.99. The number of phenolic OH excluding ortho intramolecular Hbond substituents is 1. The molecule has 32 heavy (non-hydrogen) atoms. The first-order chi connectivity index (χ1) is 15.2. The zero-order valence-electron chi connectivity index (χ0n) is 17.3. The van der Waals surface area contributed by atoms with Gasteiger partial charge in [-0.3, -0.25) is 9.59 Å². The van der Waals surface area contributed by atoms with Crippen molar-refractivity contribution in [3.8, 4) is 11.5 Å². The van der Waals surface area contributed by atoms with E-state index in [2.05, 4.69) is 0 Å². The van der Waals surface area contributed by atoms with Crippen LogP contribution in [0.15, 0.2) is 52.4 Å². The second-order valence-electron chi connectivity index (χ2n) is 7.99. The van der Waals surface area contributed by atoms with Crippen LogP contribution < -0.4 is 5.43 Å². The van der Waals surface area contributed by atoms with E-state index < -0.39 is 29.3 Å². The highest BCUT2D eigenvalue weighted by Crippen LogP contribution is 2.32. The van der Waals surface area contributed by atoms with Crippen LogP contribution in [-0.4, -0.2) is 46.1 Å². The molecule has 0 aromatic heterocycles. The molecule has 2 atom stereocenters. The molecule has 166 valence electrons. The van der Waals surface area contributed by atoms with Crippen molar-refractivity contribution in [2.45, 2.75) is 38.4 Å². The zero-order chi connectivity index (χ0) is 23.0. The summed E-state index contributed by atoms with van der Waals surface area (Å²) in [7, 11) is 0. The van der Waals surface area contributed by atoms with Gasteiger partial charge >= 0.3 is 11.9 Å². The number of ether oxygens (including phenoxy) is 2. The molecule has 0 fully saturated rings. The van der Waals surface area contributed by atoms with Gasteiger partial charge in [0.1, 0.15) is 11.9 Å². The Morgan fingerprint density at radius 2 is 1.97 bits per heavy atom. The van der Waals surface area contributed by atoms with Crippen LogP contribution in [0.2, 0.25) is 0 Å². The summed E-state index contributed by atoms with van der Waals surface area (Å²) < 4.78 is 11.2. The summed E-state index contributed by atoms with van der Waals surface area (Å²) in [6, 6.07) is 5.99. The minimum atomic E-state index is -1.14. The van der Waals surface area contributed by atoms with Crippen LogP contribution in [0.4, 0.5) is 0 Å². The van der Waals surface area contributed by atoms with E-state index in [4.69, 9.17) is 14.6 Å². The van der Waals surface area contributed by atoms with E-state index in [9.17, 15) is 24.6 Å². The molecule has 2 aliphatic rings. The van der Waals surface area contributed by atoms with E-state index in [1.807, 2.05) is 13.0 Å². The van der Waals surface area contributed by atoms with Crippen molar-refractivity contribution < 1.29 is 34.4 Å². The Balaban J connectivity index is 1.54. The van der Waals surface area contributed by atoms with Crippen molar-refractivity contribution >= 4 is 22.7 Å². The zero-order valence-corrected chi connectivity index (χ0v) is 17.3. The standard InChI is InChI=1S/C24H22O8/c1-12-6-16-10-21(28)32-19(16)11-18(12)31-5-4-13-7-14-2-3-15(9-20(26)27)23(29)22(14)24(30)17(25)8-13/h2-3,6-8,10,18-19,29H,4-5,9,11H2,1H3,(H,25,30)(H,26,27). The van der Waals surface area contributed by atoms with Gasteiger partial charge in [-0.25, -0.2) is 4.79 Å². The van der Waals surface area contributed by atoms with Gasteiger partial charge in [-0.1, -0.05) is 24.3 Å². The van der Waals surface area contributed by atoms with Crippen molar-refractivity contribution in [3.05, 3.63) is 68.9 Å². The Morgan fingerprint density at radius 1 is 1.19 bits per heavy atom. The maximum absolute atomic E-state index is 12.6. The Labute approximate surface area is 183 Å². The Morgan fingerprint density at radius 3 is 2.72 bits per heavy atom. The van der Waals surface area contributed by atoms with Gasteiger partial charge in [0.05, 0.1) is 24.5 Å². The Hall–Kier alpha value is -3.65. The highest BCUT2D eigenvalue weighted by atomic mass is 16.6. The number of benzene rings is 1. The molecule has 0 bridgehead atoms. The third-order valence-corrected chi connectivity index (χ3v) is 5.71. The van der Waals surface area contributed by atoms with E-state index in [0.29, 0.717) is 23.8 Å². The predicted molar refractivity (Wildman–Crippen MR) is 115 cm³/mol. The number of rotatable bonds is 6. The molecule has 2 aromatic carbocycles. The fourth-order valence-electron chi connectivity index (χ4n) is 4.11. The topological polar surface area (TPSA) is 130 Å². The van der Waals surface area contributed by atoms with Crippen molar-refractivity contribution in [1.82, 2.24) is 0 Å². The molecule has 2 aromatic rings. The quantitative estimate of drug-likeness (QED) is 0.586. The highest BCUT2D eigenvalue weighted by molar-refractivity contribution is 5.91. The number of carbonyl (C=O) groups is 2. The molecule has 0 amide bonds. The summed E-state index contributed by atoms with van der Waals surface area (Å²) >= 11 is 0. The normalized spacial score (nSPS) is 19.8. The molecule has 0 saturated carbocycles. The average molecular weight is 438 g/mol. The summed E-state index contributed by atoms with van der Waals surface area (Å²) in [6.07, 6.45) is 3.33. The van der Waals surface area contributed by atoms with Gasteiger partial charge in [-0.2, -0.15) is 0 Å². The number of fused-ring (bicyclic) bond motifs is 2. The second kappa shape index (κ2) is 8.47. The van der Waals surface area contributed by atoms with Gasteiger partial charge in [-0.15, -0.1) is 0 Å². The van der Waals surface area contributed by atoms with Crippen molar-refractivity contribution in [2.24, 2.45) is 0 Å². The summed E-state index contributed by atoms with van der Waals surface area (Å²) in [5.41, 5.74) is 1.77. The number of carbonyl (C=O) groups excluding carboxylic acids is 1. The number of aliphatic carboxylic acids is 1. The Kier molecular flexibility index (Phi) is 5.71. The van der Waals surface area contributed by atoms with E-state index in [0.717, 1.165) is 11.1 Å². The van der Waals surface area contributed by atoms with Crippen molar-refractivity contribution in [1.29, 1.82) is 0 Å². The van der Waals surface area contributed by atoms with Gasteiger partial charge < -0.3 is 24.8 Å². The van der Waals surface area contributed by atoms with Crippen LogP contribution in [0, 0.1) is 0 Å². The van der Waals surface area contributed by atoms with E-state index in [-0.39, 0.29) is 35.7 Å². The highest BCUT2D eigenvalue weighted by Gasteiger charge is 2.32.